The smallest absolute Gasteiger partial charge is 0.247 e. The first-order valence-corrected chi connectivity index (χ1v) is 7.18. The number of hydrogen-bond donors (Lipinski definition) is 1. The minimum absolute atomic E-state index is 0.135. The Morgan fingerprint density at radius 3 is 2.59 bits per heavy atom. The molecule has 0 aliphatic rings. The predicted octanol–water partition coefficient (Wildman–Crippen LogP) is 4.29. The van der Waals surface area contributed by atoms with Crippen LogP contribution in [0.15, 0.2) is 54.7 Å². The lowest BCUT2D eigenvalue weighted by Crippen LogP contribution is -2.23. The molecule has 0 spiro atoms. The molecule has 1 unspecified atom stereocenters. The zero-order valence-corrected chi connectivity index (χ0v) is 12.5. The van der Waals surface area contributed by atoms with Crippen molar-refractivity contribution in [1.82, 2.24) is 4.57 Å². The second-order valence-electron chi connectivity index (χ2n) is 5.46. The molecule has 4 heteroatoms. The van der Waals surface area contributed by atoms with Gasteiger partial charge >= 0.3 is 0 Å². The lowest BCUT2D eigenvalue weighted by molar-refractivity contribution is -0.118. The molecule has 1 heterocycles. The van der Waals surface area contributed by atoms with Crippen molar-refractivity contribution in [3.8, 4) is 0 Å². The highest BCUT2D eigenvalue weighted by molar-refractivity contribution is 5.95. The summed E-state index contributed by atoms with van der Waals surface area (Å²) < 4.78 is 14.8. The Morgan fingerprint density at radius 1 is 1.14 bits per heavy atom. The minimum Gasteiger partial charge on any atom is -0.335 e. The summed E-state index contributed by atoms with van der Waals surface area (Å²) in [5, 5.41) is 3.92. The molecule has 0 saturated carbocycles. The molecule has 2 aromatic carbocycles. The van der Waals surface area contributed by atoms with Gasteiger partial charge in [0.15, 0.2) is 0 Å². The quantitative estimate of drug-likeness (QED) is 0.768. The summed E-state index contributed by atoms with van der Waals surface area (Å²) in [6, 6.07) is 13.6. The number of aryl methyl sites for hydroxylation is 1. The van der Waals surface area contributed by atoms with E-state index in [4.69, 9.17) is 0 Å². The molecule has 112 valence electrons. The maximum absolute atomic E-state index is 12.9. The van der Waals surface area contributed by atoms with E-state index in [1.165, 1.54) is 17.7 Å². The van der Waals surface area contributed by atoms with Crippen molar-refractivity contribution >= 4 is 22.5 Å². The number of carbonyl (C=O) groups is 1. The van der Waals surface area contributed by atoms with Gasteiger partial charge in [-0.25, -0.2) is 4.39 Å². The number of rotatable bonds is 3. The van der Waals surface area contributed by atoms with Crippen LogP contribution in [-0.2, 0) is 4.79 Å². The molecule has 0 bridgehead atoms. The van der Waals surface area contributed by atoms with Gasteiger partial charge in [-0.3, -0.25) is 4.79 Å². The number of halogens is 1. The van der Waals surface area contributed by atoms with Crippen LogP contribution in [0.25, 0.3) is 10.9 Å². The Balaban J connectivity index is 1.84. The molecule has 0 aliphatic carbocycles. The van der Waals surface area contributed by atoms with Crippen molar-refractivity contribution in [2.24, 2.45) is 0 Å². The number of nitrogens with zero attached hydrogens (tertiary/aromatic N) is 1. The monoisotopic (exact) mass is 296 g/mol. The molecule has 3 nitrogen and oxygen atoms in total. The van der Waals surface area contributed by atoms with E-state index in [1.807, 2.05) is 42.8 Å². The summed E-state index contributed by atoms with van der Waals surface area (Å²) in [6.07, 6.45) is 1.92. The third kappa shape index (κ3) is 2.72. The molecule has 1 aromatic heterocycles. The number of hydrogen-bond acceptors (Lipinski definition) is 1. The van der Waals surface area contributed by atoms with Crippen molar-refractivity contribution in [3.05, 3.63) is 66.1 Å². The SMILES string of the molecule is Cc1ccc2c(ccn2C(C)C(=O)Nc2ccc(F)cc2)c1. The number of carbonyl (C=O) groups excluding carboxylic acids is 1. The summed E-state index contributed by atoms with van der Waals surface area (Å²) in [5.74, 6) is -0.456. The van der Waals surface area contributed by atoms with Crippen LogP contribution in [0.4, 0.5) is 10.1 Å². The number of benzene rings is 2. The van der Waals surface area contributed by atoms with Gasteiger partial charge in [0.05, 0.1) is 0 Å². The van der Waals surface area contributed by atoms with Crippen LogP contribution in [0, 0.1) is 12.7 Å². The maximum atomic E-state index is 12.9. The number of nitrogens with one attached hydrogen (secondary N) is 1. The fourth-order valence-corrected chi connectivity index (χ4v) is 2.53. The first kappa shape index (κ1) is 14.3. The fourth-order valence-electron chi connectivity index (χ4n) is 2.53. The van der Waals surface area contributed by atoms with E-state index in [-0.39, 0.29) is 17.8 Å². The minimum atomic E-state index is -0.356. The third-order valence-electron chi connectivity index (χ3n) is 3.78. The standard InChI is InChI=1S/C18H17FN2O/c1-12-3-8-17-14(11-12)9-10-21(17)13(2)18(22)20-16-6-4-15(19)5-7-16/h3-11,13H,1-2H3,(H,20,22). The summed E-state index contributed by atoms with van der Waals surface area (Å²) in [5.41, 5.74) is 2.80. The van der Waals surface area contributed by atoms with E-state index in [0.29, 0.717) is 5.69 Å². The average molecular weight is 296 g/mol. The number of anilines is 1. The second-order valence-corrected chi connectivity index (χ2v) is 5.46. The molecule has 1 amide bonds. The van der Waals surface area contributed by atoms with Gasteiger partial charge in [-0.2, -0.15) is 0 Å². The van der Waals surface area contributed by atoms with Gasteiger partial charge in [-0.1, -0.05) is 11.6 Å². The van der Waals surface area contributed by atoms with E-state index in [2.05, 4.69) is 11.4 Å². The van der Waals surface area contributed by atoms with Crippen molar-refractivity contribution in [2.75, 3.05) is 5.32 Å². The Morgan fingerprint density at radius 2 is 1.86 bits per heavy atom. The molecular weight excluding hydrogens is 279 g/mol. The highest BCUT2D eigenvalue weighted by atomic mass is 19.1. The van der Waals surface area contributed by atoms with Crippen LogP contribution in [-0.4, -0.2) is 10.5 Å². The zero-order valence-electron chi connectivity index (χ0n) is 12.5. The van der Waals surface area contributed by atoms with Crippen LogP contribution in [0.3, 0.4) is 0 Å². The summed E-state index contributed by atoms with van der Waals surface area (Å²) in [7, 11) is 0. The Labute approximate surface area is 128 Å². The lowest BCUT2D eigenvalue weighted by Gasteiger charge is -2.15. The molecule has 0 fully saturated rings. The summed E-state index contributed by atoms with van der Waals surface area (Å²) in [4.78, 5) is 12.4. The molecule has 1 atom stereocenters. The van der Waals surface area contributed by atoms with Gasteiger partial charge in [0.2, 0.25) is 5.91 Å². The van der Waals surface area contributed by atoms with Gasteiger partial charge < -0.3 is 9.88 Å². The highest BCUT2D eigenvalue weighted by Gasteiger charge is 2.16. The summed E-state index contributed by atoms with van der Waals surface area (Å²) in [6.45, 7) is 3.89. The van der Waals surface area contributed by atoms with Gasteiger partial charge in [0, 0.05) is 17.4 Å². The van der Waals surface area contributed by atoms with Gasteiger partial charge in [0.25, 0.3) is 0 Å². The van der Waals surface area contributed by atoms with Crippen molar-refractivity contribution < 1.29 is 9.18 Å². The van der Waals surface area contributed by atoms with Crippen LogP contribution in [0.5, 0.6) is 0 Å². The molecule has 0 saturated heterocycles. The molecular formula is C18H17FN2O. The Bertz CT molecular complexity index is 821. The van der Waals surface area contributed by atoms with E-state index >= 15 is 0 Å². The lowest BCUT2D eigenvalue weighted by atomic mass is 10.2. The molecule has 1 N–H and O–H groups in total. The van der Waals surface area contributed by atoms with Crippen molar-refractivity contribution in [2.45, 2.75) is 19.9 Å². The maximum Gasteiger partial charge on any atom is 0.247 e. The van der Waals surface area contributed by atoms with E-state index in [1.54, 1.807) is 12.1 Å². The van der Waals surface area contributed by atoms with E-state index < -0.39 is 0 Å². The van der Waals surface area contributed by atoms with Crippen LogP contribution in [0.2, 0.25) is 0 Å². The molecule has 22 heavy (non-hydrogen) atoms. The van der Waals surface area contributed by atoms with E-state index in [0.717, 1.165) is 10.9 Å². The predicted molar refractivity (Wildman–Crippen MR) is 86.4 cm³/mol. The topological polar surface area (TPSA) is 34.0 Å². The normalized spacial score (nSPS) is 12.3. The van der Waals surface area contributed by atoms with Crippen LogP contribution < -0.4 is 5.32 Å². The van der Waals surface area contributed by atoms with Crippen LogP contribution in [0.1, 0.15) is 18.5 Å². The summed E-state index contributed by atoms with van der Waals surface area (Å²) >= 11 is 0. The highest BCUT2D eigenvalue weighted by Crippen LogP contribution is 2.22. The Hall–Kier alpha value is -2.62. The molecule has 0 aliphatic heterocycles. The average Bonchev–Trinajstić information content (AvgIpc) is 2.91. The molecule has 3 rings (SSSR count). The number of fused-ring (bicyclic) bond motifs is 1. The first-order valence-electron chi connectivity index (χ1n) is 7.18. The number of amides is 1. The van der Waals surface area contributed by atoms with Crippen molar-refractivity contribution in [3.63, 3.8) is 0 Å². The first-order chi connectivity index (χ1) is 10.5. The fraction of sp³-hybridized carbons (Fsp3) is 0.167. The Kier molecular flexibility index (Phi) is 3.67. The van der Waals surface area contributed by atoms with Crippen LogP contribution >= 0.6 is 0 Å². The molecule has 0 radical (unpaired) electrons. The van der Waals surface area contributed by atoms with Gasteiger partial charge in [-0.15, -0.1) is 0 Å². The third-order valence-corrected chi connectivity index (χ3v) is 3.78. The van der Waals surface area contributed by atoms with E-state index in [9.17, 15) is 9.18 Å². The van der Waals surface area contributed by atoms with Crippen molar-refractivity contribution in [1.29, 1.82) is 0 Å². The largest absolute Gasteiger partial charge is 0.335 e. The van der Waals surface area contributed by atoms with Gasteiger partial charge in [-0.05, 0) is 61.7 Å². The number of aromatic nitrogens is 1. The molecule has 3 aromatic rings. The van der Waals surface area contributed by atoms with Gasteiger partial charge in [0.1, 0.15) is 11.9 Å². The second kappa shape index (κ2) is 5.64. The zero-order chi connectivity index (χ0) is 15.7.